The summed E-state index contributed by atoms with van der Waals surface area (Å²) in [6.45, 7) is 4.15. The molecule has 0 bridgehead atoms. The van der Waals surface area contributed by atoms with Gasteiger partial charge in [0.25, 0.3) is 11.5 Å². The quantitative estimate of drug-likeness (QED) is 0.370. The van der Waals surface area contributed by atoms with Gasteiger partial charge in [0.05, 0.1) is 20.8 Å². The zero-order chi connectivity index (χ0) is 24.3. The number of thiophene rings is 1. The maximum absolute atomic E-state index is 12.5. The number of aryl methyl sites for hydroxylation is 2. The Morgan fingerprint density at radius 3 is 2.61 bits per heavy atom. The number of carbonyl (C=O) groups is 3. The number of hydrogen-bond donors (Lipinski definition) is 4. The highest BCUT2D eigenvalue weighted by Crippen LogP contribution is 2.27. The smallest absolute Gasteiger partial charge is 0.326 e. The molecule has 3 aromatic rings. The Hall–Kier alpha value is -3.73. The summed E-state index contributed by atoms with van der Waals surface area (Å²) in [5.74, 6) is -2.45. The van der Waals surface area contributed by atoms with Gasteiger partial charge in [-0.15, -0.1) is 11.3 Å². The van der Waals surface area contributed by atoms with Crippen molar-refractivity contribution in [3.05, 3.63) is 56.4 Å². The Morgan fingerprint density at radius 1 is 1.21 bits per heavy atom. The highest BCUT2D eigenvalue weighted by Gasteiger charge is 2.23. The van der Waals surface area contributed by atoms with E-state index in [0.717, 1.165) is 16.1 Å². The third-order valence-electron chi connectivity index (χ3n) is 5.13. The molecule has 0 radical (unpaired) electrons. The summed E-state index contributed by atoms with van der Waals surface area (Å²) in [5, 5.41) is 21.6. The van der Waals surface area contributed by atoms with Crippen LogP contribution in [0.4, 0.5) is 5.00 Å². The second-order valence-electron chi connectivity index (χ2n) is 7.74. The number of H-pyrrole nitrogens is 1. The lowest BCUT2D eigenvalue weighted by Gasteiger charge is -2.19. The minimum absolute atomic E-state index is 0.202. The van der Waals surface area contributed by atoms with Crippen LogP contribution in [0.3, 0.4) is 0 Å². The van der Waals surface area contributed by atoms with Gasteiger partial charge >= 0.3 is 11.9 Å². The van der Waals surface area contributed by atoms with Crippen molar-refractivity contribution in [1.29, 1.82) is 0 Å². The van der Waals surface area contributed by atoms with Crippen LogP contribution in [0.25, 0.3) is 10.9 Å². The van der Waals surface area contributed by atoms with Crippen LogP contribution in [0.15, 0.2) is 29.1 Å². The summed E-state index contributed by atoms with van der Waals surface area (Å²) in [6.07, 6.45) is -0.567. The van der Waals surface area contributed by atoms with Gasteiger partial charge in [-0.3, -0.25) is 14.4 Å². The van der Waals surface area contributed by atoms with E-state index in [4.69, 9.17) is 5.11 Å². The predicted molar refractivity (Wildman–Crippen MR) is 124 cm³/mol. The molecular weight excluding hydrogens is 448 g/mol. The summed E-state index contributed by atoms with van der Waals surface area (Å²) in [7, 11) is 1.85. The minimum Gasteiger partial charge on any atom is -0.481 e. The van der Waals surface area contributed by atoms with E-state index in [0.29, 0.717) is 28.1 Å². The lowest BCUT2D eigenvalue weighted by Crippen LogP contribution is -2.40. The van der Waals surface area contributed by atoms with Crippen molar-refractivity contribution in [2.24, 2.45) is 0 Å². The van der Waals surface area contributed by atoms with Crippen molar-refractivity contribution in [2.45, 2.75) is 39.3 Å². The van der Waals surface area contributed by atoms with Crippen LogP contribution >= 0.6 is 11.3 Å². The van der Waals surface area contributed by atoms with Gasteiger partial charge in [-0.1, -0.05) is 0 Å². The average molecular weight is 473 g/mol. The fourth-order valence-corrected chi connectivity index (χ4v) is 4.23. The number of amides is 1. The molecule has 2 heterocycles. The van der Waals surface area contributed by atoms with Crippen LogP contribution in [0.1, 0.15) is 39.5 Å². The summed E-state index contributed by atoms with van der Waals surface area (Å²) in [4.78, 5) is 56.1. The number of aliphatic carboxylic acids is 2. The number of anilines is 1. The van der Waals surface area contributed by atoms with Crippen LogP contribution < -0.4 is 15.8 Å². The van der Waals surface area contributed by atoms with E-state index in [9.17, 15) is 24.3 Å². The van der Waals surface area contributed by atoms with E-state index < -0.39 is 23.9 Å². The number of aromatic nitrogens is 2. The number of carboxylic acids is 2. The Bertz CT molecular complexity index is 1280. The SMILES string of the molecule is Cc1nc2cc(C)c(CN(C)c3ccc(C(=O)NC(CCC(=O)O)C(=O)O)s3)cc2c(=O)[nH]1. The molecule has 1 aromatic carbocycles. The molecule has 10 nitrogen and oxygen atoms in total. The van der Waals surface area contributed by atoms with Gasteiger partial charge in [0.15, 0.2) is 0 Å². The summed E-state index contributed by atoms with van der Waals surface area (Å²) >= 11 is 1.19. The topological polar surface area (TPSA) is 153 Å². The van der Waals surface area contributed by atoms with E-state index in [1.165, 1.54) is 11.3 Å². The number of carboxylic acid groups (broad SMARTS) is 2. The number of benzene rings is 1. The number of nitrogens with zero attached hydrogens (tertiary/aromatic N) is 2. The minimum atomic E-state index is -1.29. The molecule has 1 unspecified atom stereocenters. The van der Waals surface area contributed by atoms with Gasteiger partial charge in [-0.2, -0.15) is 0 Å². The molecule has 0 spiro atoms. The second-order valence-corrected chi connectivity index (χ2v) is 8.80. The highest BCUT2D eigenvalue weighted by molar-refractivity contribution is 7.18. The number of aromatic amines is 1. The molecule has 2 aromatic heterocycles. The van der Waals surface area contributed by atoms with E-state index in [2.05, 4.69) is 15.3 Å². The van der Waals surface area contributed by atoms with Crippen LogP contribution in [0.2, 0.25) is 0 Å². The number of hydrogen-bond acceptors (Lipinski definition) is 7. The van der Waals surface area contributed by atoms with Gasteiger partial charge in [-0.25, -0.2) is 9.78 Å². The summed E-state index contributed by atoms with van der Waals surface area (Å²) in [6, 6.07) is 5.74. The fraction of sp³-hybridized carbons (Fsp3) is 0.318. The first-order valence-corrected chi connectivity index (χ1v) is 10.9. The van der Waals surface area contributed by atoms with Crippen LogP contribution in [0, 0.1) is 13.8 Å². The van der Waals surface area contributed by atoms with E-state index >= 15 is 0 Å². The molecule has 4 N–H and O–H groups in total. The molecule has 0 aliphatic heterocycles. The molecular formula is C22H24N4O6S. The summed E-state index contributed by atoms with van der Waals surface area (Å²) in [5.41, 5.74) is 2.34. The Morgan fingerprint density at radius 2 is 1.94 bits per heavy atom. The van der Waals surface area contributed by atoms with Crippen molar-refractivity contribution < 1.29 is 24.6 Å². The van der Waals surface area contributed by atoms with Gasteiger partial charge in [0, 0.05) is 20.0 Å². The maximum Gasteiger partial charge on any atom is 0.326 e. The predicted octanol–water partition coefficient (Wildman–Crippen LogP) is 2.29. The first-order valence-electron chi connectivity index (χ1n) is 10.1. The zero-order valence-electron chi connectivity index (χ0n) is 18.3. The molecule has 0 saturated heterocycles. The van der Waals surface area contributed by atoms with Gasteiger partial charge in [0.2, 0.25) is 0 Å². The van der Waals surface area contributed by atoms with Crippen molar-refractivity contribution >= 4 is 45.1 Å². The molecule has 0 aliphatic carbocycles. The Kier molecular flexibility index (Phi) is 7.12. The molecule has 3 rings (SSSR count). The fourth-order valence-electron chi connectivity index (χ4n) is 3.37. The Labute approximate surface area is 192 Å². The van der Waals surface area contributed by atoms with E-state index in [1.54, 1.807) is 19.1 Å². The molecule has 0 saturated carbocycles. The van der Waals surface area contributed by atoms with Crippen molar-refractivity contribution in [1.82, 2.24) is 15.3 Å². The number of nitrogens with one attached hydrogen (secondary N) is 2. The number of carbonyl (C=O) groups excluding carboxylic acids is 1. The monoisotopic (exact) mass is 472 g/mol. The van der Waals surface area contributed by atoms with Crippen molar-refractivity contribution in [3.63, 3.8) is 0 Å². The largest absolute Gasteiger partial charge is 0.481 e. The highest BCUT2D eigenvalue weighted by atomic mass is 32.1. The second kappa shape index (κ2) is 9.82. The summed E-state index contributed by atoms with van der Waals surface area (Å²) < 4.78 is 0. The molecule has 1 amide bonds. The lowest BCUT2D eigenvalue weighted by atomic mass is 10.1. The average Bonchev–Trinajstić information content (AvgIpc) is 3.22. The Balaban J connectivity index is 1.74. The molecule has 174 valence electrons. The van der Waals surface area contributed by atoms with Crippen LogP contribution in [0.5, 0.6) is 0 Å². The van der Waals surface area contributed by atoms with Gasteiger partial charge in [0.1, 0.15) is 11.9 Å². The normalized spacial score (nSPS) is 11.8. The molecule has 33 heavy (non-hydrogen) atoms. The number of rotatable bonds is 9. The molecule has 1 atom stereocenters. The number of fused-ring (bicyclic) bond motifs is 1. The first kappa shape index (κ1) is 23.9. The van der Waals surface area contributed by atoms with Crippen molar-refractivity contribution in [2.75, 3.05) is 11.9 Å². The molecule has 0 fully saturated rings. The van der Waals surface area contributed by atoms with Crippen LogP contribution in [-0.4, -0.2) is 51.1 Å². The van der Waals surface area contributed by atoms with Crippen molar-refractivity contribution in [3.8, 4) is 0 Å². The third kappa shape index (κ3) is 5.75. The first-order chi connectivity index (χ1) is 15.5. The third-order valence-corrected chi connectivity index (χ3v) is 6.33. The lowest BCUT2D eigenvalue weighted by molar-refractivity contribution is -0.140. The van der Waals surface area contributed by atoms with Gasteiger partial charge in [-0.05, 0) is 55.7 Å². The molecule has 0 aliphatic rings. The standard InChI is InChI=1S/C22H24N4O6S/c1-11-8-16-14(20(29)24-12(2)23-16)9-13(11)10-26(3)18-6-5-17(33-18)21(30)25-15(22(31)32)4-7-19(27)28/h5-6,8-9,15H,4,7,10H2,1-3H3,(H,25,30)(H,27,28)(H,31,32)(H,23,24,29). The van der Waals surface area contributed by atoms with Crippen LogP contribution in [-0.2, 0) is 16.1 Å². The van der Waals surface area contributed by atoms with E-state index in [-0.39, 0.29) is 18.4 Å². The maximum atomic E-state index is 12.5. The van der Waals surface area contributed by atoms with Gasteiger partial charge < -0.3 is 25.4 Å². The zero-order valence-corrected chi connectivity index (χ0v) is 19.2. The van der Waals surface area contributed by atoms with E-state index in [1.807, 2.05) is 31.0 Å². The molecule has 11 heteroatoms.